The Kier molecular flexibility index (Phi) is 4.21. The summed E-state index contributed by atoms with van der Waals surface area (Å²) < 4.78 is 11.2. The van der Waals surface area contributed by atoms with Gasteiger partial charge in [-0.05, 0) is 12.1 Å². The number of carbonyl (C=O) groups is 2. The van der Waals surface area contributed by atoms with Crippen LogP contribution in [0.4, 0.5) is 5.69 Å². The summed E-state index contributed by atoms with van der Waals surface area (Å²) in [5.74, 6) is 0.260. The van der Waals surface area contributed by atoms with Gasteiger partial charge in [-0.3, -0.25) is 4.79 Å². The Balaban J connectivity index is 1.61. The van der Waals surface area contributed by atoms with Crippen LogP contribution in [-0.2, 0) is 9.59 Å². The van der Waals surface area contributed by atoms with Crippen LogP contribution >= 0.6 is 0 Å². The molecule has 0 radical (unpaired) electrons. The first-order chi connectivity index (χ1) is 13.1. The molecule has 2 heterocycles. The van der Waals surface area contributed by atoms with Crippen molar-refractivity contribution in [3.05, 3.63) is 48.6 Å². The highest BCUT2D eigenvalue weighted by molar-refractivity contribution is 6.02. The van der Waals surface area contributed by atoms with Gasteiger partial charge >= 0.3 is 5.97 Å². The molecule has 0 spiro atoms. The van der Waals surface area contributed by atoms with Gasteiger partial charge in [0.05, 0.1) is 11.0 Å². The number of aromatic nitrogens is 2. The molecule has 1 aliphatic heterocycles. The monoisotopic (exact) mass is 365 g/mol. The second-order valence-electron chi connectivity index (χ2n) is 5.84. The predicted molar refractivity (Wildman–Crippen MR) is 97.9 cm³/mol. The molecule has 8 heteroatoms. The van der Waals surface area contributed by atoms with Gasteiger partial charge in [-0.15, -0.1) is 0 Å². The summed E-state index contributed by atoms with van der Waals surface area (Å²) in [6.45, 7) is 1.02. The Bertz CT molecular complexity index is 1030. The van der Waals surface area contributed by atoms with Crippen molar-refractivity contribution >= 4 is 28.6 Å². The molecule has 1 amide bonds. The highest BCUT2D eigenvalue weighted by Crippen LogP contribution is 2.34. The number of hydrogen-bond donors (Lipinski definition) is 3. The van der Waals surface area contributed by atoms with E-state index in [1.807, 2.05) is 18.2 Å². The molecule has 8 nitrogen and oxygen atoms in total. The molecule has 0 atom stereocenters. The van der Waals surface area contributed by atoms with Gasteiger partial charge in [0, 0.05) is 35.5 Å². The quantitative estimate of drug-likeness (QED) is 0.613. The average molecular weight is 365 g/mol. The Labute approximate surface area is 153 Å². The van der Waals surface area contributed by atoms with E-state index in [9.17, 15) is 9.59 Å². The van der Waals surface area contributed by atoms with Crippen LogP contribution in [0.1, 0.15) is 0 Å². The van der Waals surface area contributed by atoms with E-state index in [-0.39, 0.29) is 0 Å². The molecule has 0 saturated carbocycles. The summed E-state index contributed by atoms with van der Waals surface area (Å²) in [5.41, 5.74) is 2.85. The van der Waals surface area contributed by atoms with Gasteiger partial charge in [0.15, 0.2) is 11.5 Å². The van der Waals surface area contributed by atoms with Gasteiger partial charge in [0.1, 0.15) is 19.0 Å². The molecule has 1 aliphatic rings. The number of benzene rings is 2. The molecular formula is C19H15N3O5. The molecule has 1 aromatic heterocycles. The molecule has 3 aromatic rings. The highest BCUT2D eigenvalue weighted by atomic mass is 16.6. The van der Waals surface area contributed by atoms with Crippen molar-refractivity contribution < 1.29 is 24.2 Å². The van der Waals surface area contributed by atoms with Gasteiger partial charge in [-0.1, -0.05) is 12.1 Å². The third-order valence-electron chi connectivity index (χ3n) is 3.93. The number of carbonyl (C=O) groups excluding carboxylic acids is 1. The van der Waals surface area contributed by atoms with Gasteiger partial charge in [0.2, 0.25) is 5.91 Å². The molecule has 0 fully saturated rings. The van der Waals surface area contributed by atoms with E-state index < -0.39 is 11.9 Å². The van der Waals surface area contributed by atoms with E-state index in [1.165, 1.54) is 0 Å². The lowest BCUT2D eigenvalue weighted by Gasteiger charge is -2.17. The molecule has 0 aliphatic carbocycles. The number of imidazole rings is 1. The minimum absolute atomic E-state index is 0.508. The van der Waals surface area contributed by atoms with E-state index >= 15 is 0 Å². The van der Waals surface area contributed by atoms with Gasteiger partial charge in [-0.2, -0.15) is 0 Å². The molecule has 0 bridgehead atoms. The van der Waals surface area contributed by atoms with Crippen molar-refractivity contribution in [1.82, 2.24) is 9.97 Å². The molecular weight excluding hydrogens is 350 g/mol. The van der Waals surface area contributed by atoms with E-state index in [1.54, 1.807) is 18.2 Å². The van der Waals surface area contributed by atoms with Gasteiger partial charge < -0.3 is 24.9 Å². The highest BCUT2D eigenvalue weighted by Gasteiger charge is 2.15. The number of ether oxygens (including phenoxy) is 2. The van der Waals surface area contributed by atoms with Crippen molar-refractivity contribution in [2.24, 2.45) is 0 Å². The van der Waals surface area contributed by atoms with Crippen LogP contribution < -0.4 is 14.8 Å². The van der Waals surface area contributed by atoms with E-state index in [2.05, 4.69) is 15.3 Å². The molecule has 3 N–H and O–H groups in total. The molecule has 0 unspecified atom stereocenters. The molecule has 0 saturated heterocycles. The standard InChI is InChI=1S/C19H15N3O5/c23-17(4-5-18(24)25)20-12-3-1-2-11(8-12)19-21-13-9-15-16(10-14(13)22-19)27-7-6-26-15/h1-5,8-10H,6-7H2,(H,20,23)(H,21,22)(H,24,25)/b5-4+. The van der Waals surface area contributed by atoms with Crippen molar-refractivity contribution in [3.63, 3.8) is 0 Å². The number of H-pyrrole nitrogens is 1. The van der Waals surface area contributed by atoms with Crippen molar-refractivity contribution in [2.45, 2.75) is 0 Å². The Morgan fingerprint density at radius 3 is 2.67 bits per heavy atom. The van der Waals surface area contributed by atoms with Crippen LogP contribution in [0, 0.1) is 0 Å². The Morgan fingerprint density at radius 2 is 1.89 bits per heavy atom. The van der Waals surface area contributed by atoms with Gasteiger partial charge in [0.25, 0.3) is 0 Å². The van der Waals surface area contributed by atoms with E-state index in [0.29, 0.717) is 36.2 Å². The largest absolute Gasteiger partial charge is 0.486 e. The number of carboxylic acid groups (broad SMARTS) is 1. The Hall–Kier alpha value is -3.81. The van der Waals surface area contributed by atoms with Crippen LogP contribution in [0.5, 0.6) is 11.5 Å². The number of nitrogens with zero attached hydrogens (tertiary/aromatic N) is 1. The second kappa shape index (κ2) is 6.83. The average Bonchev–Trinajstić information content (AvgIpc) is 3.07. The first-order valence-electron chi connectivity index (χ1n) is 8.20. The normalized spacial score (nSPS) is 13.0. The molecule has 2 aromatic carbocycles. The minimum Gasteiger partial charge on any atom is -0.486 e. The van der Waals surface area contributed by atoms with Crippen LogP contribution in [0.3, 0.4) is 0 Å². The Morgan fingerprint density at radius 1 is 1.11 bits per heavy atom. The van der Waals surface area contributed by atoms with Crippen LogP contribution in [-0.4, -0.2) is 40.2 Å². The summed E-state index contributed by atoms with van der Waals surface area (Å²) in [5, 5.41) is 11.2. The number of nitrogens with one attached hydrogen (secondary N) is 2. The van der Waals surface area contributed by atoms with Crippen LogP contribution in [0.25, 0.3) is 22.4 Å². The zero-order valence-electron chi connectivity index (χ0n) is 14.1. The first-order valence-corrected chi connectivity index (χ1v) is 8.20. The number of anilines is 1. The van der Waals surface area contributed by atoms with E-state index in [4.69, 9.17) is 14.6 Å². The minimum atomic E-state index is -1.18. The lowest BCUT2D eigenvalue weighted by molar-refractivity contribution is -0.131. The van der Waals surface area contributed by atoms with E-state index in [0.717, 1.165) is 28.7 Å². The van der Waals surface area contributed by atoms with Crippen molar-refractivity contribution in [2.75, 3.05) is 18.5 Å². The van der Waals surface area contributed by atoms with Gasteiger partial charge in [-0.25, -0.2) is 9.78 Å². The fourth-order valence-corrected chi connectivity index (χ4v) is 2.76. The number of carboxylic acids is 1. The summed E-state index contributed by atoms with van der Waals surface area (Å²) in [4.78, 5) is 30.0. The summed E-state index contributed by atoms with van der Waals surface area (Å²) in [7, 11) is 0. The summed E-state index contributed by atoms with van der Waals surface area (Å²) >= 11 is 0. The lowest BCUT2D eigenvalue weighted by atomic mass is 10.2. The number of aliphatic carboxylic acids is 1. The van der Waals surface area contributed by atoms with Crippen molar-refractivity contribution in [3.8, 4) is 22.9 Å². The zero-order valence-corrected chi connectivity index (χ0v) is 14.1. The third-order valence-corrected chi connectivity index (χ3v) is 3.93. The first kappa shape index (κ1) is 16.6. The number of aromatic amines is 1. The maximum atomic E-state index is 11.7. The molecule has 4 rings (SSSR count). The smallest absolute Gasteiger partial charge is 0.328 e. The summed E-state index contributed by atoms with van der Waals surface area (Å²) in [6, 6.07) is 10.8. The number of fused-ring (bicyclic) bond motifs is 2. The van der Waals surface area contributed by atoms with Crippen LogP contribution in [0.2, 0.25) is 0 Å². The third kappa shape index (κ3) is 3.59. The fraction of sp³-hybridized carbons (Fsp3) is 0.105. The topological polar surface area (TPSA) is 114 Å². The predicted octanol–water partition coefficient (Wildman–Crippen LogP) is 2.58. The molecule has 136 valence electrons. The van der Waals surface area contributed by atoms with Crippen LogP contribution in [0.15, 0.2) is 48.6 Å². The molecule has 27 heavy (non-hydrogen) atoms. The number of rotatable bonds is 4. The maximum Gasteiger partial charge on any atom is 0.328 e. The second-order valence-corrected chi connectivity index (χ2v) is 5.84. The zero-order chi connectivity index (χ0) is 18.8. The number of amides is 1. The summed E-state index contributed by atoms with van der Waals surface area (Å²) in [6.07, 6.45) is 1.74. The number of hydrogen-bond acceptors (Lipinski definition) is 5. The lowest BCUT2D eigenvalue weighted by Crippen LogP contribution is -2.15. The SMILES string of the molecule is O=C(O)/C=C/C(=O)Nc1cccc(-c2nc3cc4c(cc3[nH]2)OCCO4)c1. The maximum absolute atomic E-state index is 11.7. The fourth-order valence-electron chi connectivity index (χ4n) is 2.76. The van der Waals surface area contributed by atoms with Crippen molar-refractivity contribution in [1.29, 1.82) is 0 Å².